The first-order valence-electron chi connectivity index (χ1n) is 6.55. The number of amides is 1. The van der Waals surface area contributed by atoms with Crippen molar-refractivity contribution >= 4 is 11.7 Å². The van der Waals surface area contributed by atoms with Gasteiger partial charge in [-0.3, -0.25) is 9.89 Å². The van der Waals surface area contributed by atoms with E-state index in [2.05, 4.69) is 36.3 Å². The maximum absolute atomic E-state index is 12.1. The molecule has 0 saturated heterocycles. The van der Waals surface area contributed by atoms with Gasteiger partial charge in [-0.15, -0.1) is 0 Å². The molecular weight excluding hydrogens is 252 g/mol. The molecule has 0 aliphatic carbocycles. The van der Waals surface area contributed by atoms with Crippen LogP contribution in [0.3, 0.4) is 0 Å². The van der Waals surface area contributed by atoms with Gasteiger partial charge in [0.1, 0.15) is 6.04 Å². The number of aromatic nitrogens is 2. The van der Waals surface area contributed by atoms with E-state index < -0.39 is 6.04 Å². The summed E-state index contributed by atoms with van der Waals surface area (Å²) in [6, 6.07) is 10.4. The Balaban J connectivity index is 2.07. The van der Waals surface area contributed by atoms with Crippen LogP contribution in [0.5, 0.6) is 0 Å². The van der Waals surface area contributed by atoms with E-state index in [-0.39, 0.29) is 11.3 Å². The van der Waals surface area contributed by atoms with Gasteiger partial charge in [0.25, 0.3) is 0 Å². The van der Waals surface area contributed by atoms with Gasteiger partial charge in [-0.25, -0.2) is 0 Å². The molecule has 0 fully saturated rings. The number of anilines is 1. The first kappa shape index (κ1) is 14.3. The molecule has 0 radical (unpaired) electrons. The Labute approximate surface area is 118 Å². The second-order valence-corrected chi connectivity index (χ2v) is 5.79. The zero-order chi connectivity index (χ0) is 14.8. The van der Waals surface area contributed by atoms with E-state index in [1.165, 1.54) is 0 Å². The predicted molar refractivity (Wildman–Crippen MR) is 79.3 cm³/mol. The molecule has 4 N–H and O–H groups in total. The molecule has 1 heterocycles. The summed E-state index contributed by atoms with van der Waals surface area (Å²) in [7, 11) is 0. The Bertz CT molecular complexity index is 583. The van der Waals surface area contributed by atoms with Gasteiger partial charge in [0.05, 0.1) is 0 Å². The lowest BCUT2D eigenvalue weighted by Crippen LogP contribution is -2.27. The molecule has 0 saturated carbocycles. The van der Waals surface area contributed by atoms with Gasteiger partial charge in [-0.05, 0) is 5.56 Å². The summed E-state index contributed by atoms with van der Waals surface area (Å²) < 4.78 is 0. The number of hydrogen-bond acceptors (Lipinski definition) is 3. The van der Waals surface area contributed by atoms with Crippen molar-refractivity contribution in [1.29, 1.82) is 0 Å². The summed E-state index contributed by atoms with van der Waals surface area (Å²) in [4.78, 5) is 12.1. The summed E-state index contributed by atoms with van der Waals surface area (Å²) in [6.45, 7) is 6.21. The monoisotopic (exact) mass is 272 g/mol. The number of nitrogens with one attached hydrogen (secondary N) is 2. The van der Waals surface area contributed by atoms with Gasteiger partial charge in [0, 0.05) is 17.2 Å². The smallest absolute Gasteiger partial charge is 0.247 e. The van der Waals surface area contributed by atoms with E-state index in [0.717, 1.165) is 11.3 Å². The number of aromatic amines is 1. The molecule has 0 bridgehead atoms. The zero-order valence-electron chi connectivity index (χ0n) is 12.0. The van der Waals surface area contributed by atoms with Crippen molar-refractivity contribution in [2.75, 3.05) is 5.32 Å². The lowest BCUT2D eigenvalue weighted by atomic mass is 9.92. The van der Waals surface area contributed by atoms with E-state index in [4.69, 9.17) is 5.73 Å². The van der Waals surface area contributed by atoms with Crippen LogP contribution < -0.4 is 11.1 Å². The molecular formula is C15H20N4O. The first-order chi connectivity index (χ1) is 9.38. The quantitative estimate of drug-likeness (QED) is 0.802. The summed E-state index contributed by atoms with van der Waals surface area (Å²) in [5, 5.41) is 9.74. The van der Waals surface area contributed by atoms with Crippen LogP contribution in [-0.2, 0) is 10.2 Å². The SMILES string of the molecule is CC(C)(C)c1cc(NC(=O)C(N)c2ccccc2)n[nH]1. The molecule has 1 atom stereocenters. The normalized spacial score (nSPS) is 13.0. The van der Waals surface area contributed by atoms with E-state index in [0.29, 0.717) is 5.82 Å². The van der Waals surface area contributed by atoms with Crippen molar-refractivity contribution in [1.82, 2.24) is 10.2 Å². The van der Waals surface area contributed by atoms with E-state index >= 15 is 0 Å². The fourth-order valence-electron chi connectivity index (χ4n) is 1.79. The largest absolute Gasteiger partial charge is 0.316 e. The summed E-state index contributed by atoms with van der Waals surface area (Å²) >= 11 is 0. The fraction of sp³-hybridized carbons (Fsp3) is 0.333. The molecule has 1 aromatic carbocycles. The van der Waals surface area contributed by atoms with Crippen molar-refractivity contribution in [3.8, 4) is 0 Å². The maximum atomic E-state index is 12.1. The van der Waals surface area contributed by atoms with Crippen molar-refractivity contribution < 1.29 is 4.79 Å². The average Bonchev–Trinajstić information content (AvgIpc) is 2.87. The topological polar surface area (TPSA) is 83.8 Å². The molecule has 0 spiro atoms. The number of rotatable bonds is 3. The average molecular weight is 272 g/mol. The minimum Gasteiger partial charge on any atom is -0.316 e. The van der Waals surface area contributed by atoms with Gasteiger partial charge >= 0.3 is 0 Å². The molecule has 5 heteroatoms. The van der Waals surface area contributed by atoms with Crippen LogP contribution in [-0.4, -0.2) is 16.1 Å². The minimum absolute atomic E-state index is 0.0441. The van der Waals surface area contributed by atoms with Crippen LogP contribution in [0.15, 0.2) is 36.4 Å². The Hall–Kier alpha value is -2.14. The number of carbonyl (C=O) groups is 1. The Morgan fingerprint density at radius 3 is 2.50 bits per heavy atom. The van der Waals surface area contributed by atoms with Gasteiger partial charge in [0.2, 0.25) is 5.91 Å². The molecule has 1 amide bonds. The Morgan fingerprint density at radius 1 is 1.30 bits per heavy atom. The lowest BCUT2D eigenvalue weighted by Gasteiger charge is -2.14. The van der Waals surface area contributed by atoms with Crippen molar-refractivity contribution in [3.63, 3.8) is 0 Å². The summed E-state index contributed by atoms with van der Waals surface area (Å²) in [6.07, 6.45) is 0. The van der Waals surface area contributed by atoms with E-state index in [1.807, 2.05) is 36.4 Å². The molecule has 2 rings (SSSR count). The molecule has 0 aliphatic rings. The van der Waals surface area contributed by atoms with Crippen LogP contribution in [0.4, 0.5) is 5.82 Å². The second kappa shape index (κ2) is 5.46. The zero-order valence-corrected chi connectivity index (χ0v) is 12.0. The number of H-pyrrole nitrogens is 1. The van der Waals surface area contributed by atoms with E-state index in [9.17, 15) is 4.79 Å². The number of benzene rings is 1. The van der Waals surface area contributed by atoms with Crippen LogP contribution in [0, 0.1) is 0 Å². The van der Waals surface area contributed by atoms with Crippen molar-refractivity contribution in [2.24, 2.45) is 5.73 Å². The number of hydrogen-bond donors (Lipinski definition) is 3. The minimum atomic E-state index is -0.703. The van der Waals surface area contributed by atoms with Crippen LogP contribution in [0.1, 0.15) is 38.1 Å². The number of nitrogens with two attached hydrogens (primary N) is 1. The third kappa shape index (κ3) is 3.24. The van der Waals surface area contributed by atoms with Gasteiger partial charge in [0.15, 0.2) is 5.82 Å². The first-order valence-corrected chi connectivity index (χ1v) is 6.55. The number of carbonyl (C=O) groups excluding carboxylic acids is 1. The lowest BCUT2D eigenvalue weighted by molar-refractivity contribution is -0.117. The highest BCUT2D eigenvalue weighted by Crippen LogP contribution is 2.22. The highest BCUT2D eigenvalue weighted by molar-refractivity contribution is 5.94. The molecule has 2 aromatic rings. The molecule has 0 aliphatic heterocycles. The van der Waals surface area contributed by atoms with Crippen molar-refractivity contribution in [2.45, 2.75) is 32.2 Å². The van der Waals surface area contributed by atoms with Crippen LogP contribution in [0.25, 0.3) is 0 Å². The summed E-state index contributed by atoms with van der Waals surface area (Å²) in [5.74, 6) is 0.217. The standard InChI is InChI=1S/C15H20N4O/c1-15(2,3)11-9-12(19-18-11)17-14(20)13(16)10-7-5-4-6-8-10/h4-9,13H,16H2,1-3H3,(H2,17,18,19,20). The van der Waals surface area contributed by atoms with E-state index in [1.54, 1.807) is 0 Å². The highest BCUT2D eigenvalue weighted by atomic mass is 16.2. The molecule has 20 heavy (non-hydrogen) atoms. The highest BCUT2D eigenvalue weighted by Gasteiger charge is 2.20. The van der Waals surface area contributed by atoms with Crippen molar-refractivity contribution in [3.05, 3.63) is 47.7 Å². The number of nitrogens with zero attached hydrogens (tertiary/aromatic N) is 1. The van der Waals surface area contributed by atoms with Crippen LogP contribution >= 0.6 is 0 Å². The van der Waals surface area contributed by atoms with Gasteiger partial charge in [-0.2, -0.15) is 5.10 Å². The van der Waals surface area contributed by atoms with Gasteiger partial charge in [-0.1, -0.05) is 51.1 Å². The Morgan fingerprint density at radius 2 is 1.95 bits per heavy atom. The molecule has 5 nitrogen and oxygen atoms in total. The summed E-state index contributed by atoms with van der Waals surface area (Å²) in [5.41, 5.74) is 7.62. The predicted octanol–water partition coefficient (Wildman–Crippen LogP) is 2.35. The third-order valence-electron chi connectivity index (χ3n) is 3.08. The maximum Gasteiger partial charge on any atom is 0.247 e. The second-order valence-electron chi connectivity index (χ2n) is 5.79. The fourth-order valence-corrected chi connectivity index (χ4v) is 1.79. The molecule has 1 unspecified atom stereocenters. The third-order valence-corrected chi connectivity index (χ3v) is 3.08. The van der Waals surface area contributed by atoms with Crippen LogP contribution in [0.2, 0.25) is 0 Å². The molecule has 1 aromatic heterocycles. The molecule has 106 valence electrons. The Kier molecular flexibility index (Phi) is 3.90. The van der Waals surface area contributed by atoms with Gasteiger partial charge < -0.3 is 11.1 Å².